The molecule has 14 heavy (non-hydrogen) atoms. The summed E-state index contributed by atoms with van der Waals surface area (Å²) in [5.74, 6) is 0. The van der Waals surface area contributed by atoms with Crippen LogP contribution in [-0.2, 0) is 6.54 Å². The van der Waals surface area contributed by atoms with Crippen LogP contribution in [0, 0.1) is 19.3 Å². The van der Waals surface area contributed by atoms with Crippen LogP contribution in [0.1, 0.15) is 18.1 Å². The molecule has 1 aromatic heterocycles. The standard InChI is InChI=1S/C11H14N2S/c1-4-13-9-6-7(2)5-8(3)10(9)14-11(13)12/h5-6,12H,4H2,1-3H3. The molecule has 0 saturated heterocycles. The van der Waals surface area contributed by atoms with E-state index in [0.717, 1.165) is 6.54 Å². The molecule has 0 unspecified atom stereocenters. The number of hydrogen-bond acceptors (Lipinski definition) is 2. The maximum absolute atomic E-state index is 7.85. The first kappa shape index (κ1) is 9.46. The van der Waals surface area contributed by atoms with E-state index in [1.807, 2.05) is 0 Å². The van der Waals surface area contributed by atoms with Crippen molar-refractivity contribution in [3.8, 4) is 0 Å². The van der Waals surface area contributed by atoms with Gasteiger partial charge in [0.2, 0.25) is 0 Å². The van der Waals surface area contributed by atoms with Gasteiger partial charge in [-0.15, -0.1) is 0 Å². The number of aromatic nitrogens is 1. The lowest BCUT2D eigenvalue weighted by molar-refractivity contribution is 0.755. The molecule has 2 rings (SSSR count). The lowest BCUT2D eigenvalue weighted by Gasteiger charge is -2.02. The van der Waals surface area contributed by atoms with Gasteiger partial charge in [0.15, 0.2) is 4.80 Å². The van der Waals surface area contributed by atoms with Crippen LogP contribution in [0.15, 0.2) is 12.1 Å². The van der Waals surface area contributed by atoms with Crippen molar-refractivity contribution in [1.29, 1.82) is 5.41 Å². The van der Waals surface area contributed by atoms with Crippen LogP contribution in [0.2, 0.25) is 0 Å². The predicted molar refractivity (Wildman–Crippen MR) is 60.8 cm³/mol. The number of benzene rings is 1. The Morgan fingerprint density at radius 1 is 1.36 bits per heavy atom. The highest BCUT2D eigenvalue weighted by atomic mass is 32.1. The van der Waals surface area contributed by atoms with E-state index in [2.05, 4.69) is 37.5 Å². The molecule has 0 amide bonds. The second-order valence-corrected chi connectivity index (χ2v) is 4.58. The van der Waals surface area contributed by atoms with Gasteiger partial charge in [0.1, 0.15) is 0 Å². The van der Waals surface area contributed by atoms with E-state index in [9.17, 15) is 0 Å². The summed E-state index contributed by atoms with van der Waals surface area (Å²) in [6, 6.07) is 4.35. The van der Waals surface area contributed by atoms with Crippen LogP contribution in [-0.4, -0.2) is 4.57 Å². The third-order valence-electron chi connectivity index (χ3n) is 2.45. The molecule has 0 atom stereocenters. The Kier molecular flexibility index (Phi) is 2.19. The zero-order chi connectivity index (χ0) is 10.3. The summed E-state index contributed by atoms with van der Waals surface area (Å²) in [6.45, 7) is 7.18. The van der Waals surface area contributed by atoms with Crippen molar-refractivity contribution in [2.24, 2.45) is 0 Å². The average molecular weight is 206 g/mol. The van der Waals surface area contributed by atoms with Gasteiger partial charge in [-0.05, 0) is 38.0 Å². The van der Waals surface area contributed by atoms with Gasteiger partial charge in [-0.1, -0.05) is 17.4 Å². The van der Waals surface area contributed by atoms with Gasteiger partial charge in [-0.2, -0.15) is 0 Å². The first-order valence-electron chi connectivity index (χ1n) is 4.78. The summed E-state index contributed by atoms with van der Waals surface area (Å²) in [7, 11) is 0. The molecule has 0 aliphatic carbocycles. The molecule has 1 heterocycles. The van der Waals surface area contributed by atoms with Crippen molar-refractivity contribution in [1.82, 2.24) is 4.57 Å². The molecule has 2 aromatic rings. The second-order valence-electron chi connectivity index (χ2n) is 3.58. The fraction of sp³-hybridized carbons (Fsp3) is 0.364. The molecule has 0 saturated carbocycles. The first-order chi connectivity index (χ1) is 6.63. The van der Waals surface area contributed by atoms with E-state index in [4.69, 9.17) is 5.41 Å². The summed E-state index contributed by atoms with van der Waals surface area (Å²) >= 11 is 1.57. The van der Waals surface area contributed by atoms with Crippen LogP contribution < -0.4 is 4.80 Å². The molecular weight excluding hydrogens is 192 g/mol. The topological polar surface area (TPSA) is 28.8 Å². The van der Waals surface area contributed by atoms with Gasteiger partial charge in [-0.25, -0.2) is 0 Å². The average Bonchev–Trinajstić information content (AvgIpc) is 2.41. The van der Waals surface area contributed by atoms with Gasteiger partial charge < -0.3 is 4.57 Å². The van der Waals surface area contributed by atoms with Crippen LogP contribution in [0.3, 0.4) is 0 Å². The van der Waals surface area contributed by atoms with Crippen LogP contribution in [0.5, 0.6) is 0 Å². The first-order valence-corrected chi connectivity index (χ1v) is 5.60. The number of fused-ring (bicyclic) bond motifs is 1. The molecule has 0 aliphatic rings. The fourth-order valence-corrected chi connectivity index (χ4v) is 2.86. The molecule has 0 bridgehead atoms. The van der Waals surface area contributed by atoms with Crippen molar-refractivity contribution >= 4 is 21.6 Å². The van der Waals surface area contributed by atoms with E-state index < -0.39 is 0 Å². The molecule has 1 N–H and O–H groups in total. The maximum atomic E-state index is 7.85. The quantitative estimate of drug-likeness (QED) is 0.743. The predicted octanol–water partition coefficient (Wildman–Crippen LogP) is 2.82. The van der Waals surface area contributed by atoms with Crippen molar-refractivity contribution in [3.05, 3.63) is 28.1 Å². The molecule has 0 spiro atoms. The molecule has 1 aromatic carbocycles. The number of nitrogens with zero attached hydrogens (tertiary/aromatic N) is 1. The molecule has 0 aliphatic heterocycles. The molecule has 3 heteroatoms. The Labute approximate surface area is 87.3 Å². The molecule has 74 valence electrons. The van der Waals surface area contributed by atoms with Gasteiger partial charge in [-0.3, -0.25) is 5.41 Å². The highest BCUT2D eigenvalue weighted by Crippen LogP contribution is 2.22. The smallest absolute Gasteiger partial charge is 0.182 e. The van der Waals surface area contributed by atoms with Crippen molar-refractivity contribution in [2.45, 2.75) is 27.3 Å². The largest absolute Gasteiger partial charge is 0.317 e. The Morgan fingerprint density at radius 2 is 2.07 bits per heavy atom. The number of thiazole rings is 1. The molecule has 2 nitrogen and oxygen atoms in total. The maximum Gasteiger partial charge on any atom is 0.182 e. The van der Waals surface area contributed by atoms with Crippen LogP contribution >= 0.6 is 11.3 Å². The summed E-state index contributed by atoms with van der Waals surface area (Å²) in [5.41, 5.74) is 3.76. The fourth-order valence-electron chi connectivity index (χ4n) is 1.84. The lowest BCUT2D eigenvalue weighted by Crippen LogP contribution is -2.10. The summed E-state index contributed by atoms with van der Waals surface area (Å²) in [4.78, 5) is 0.649. The van der Waals surface area contributed by atoms with E-state index in [0.29, 0.717) is 4.80 Å². The second kappa shape index (κ2) is 3.24. The van der Waals surface area contributed by atoms with E-state index in [1.54, 1.807) is 11.3 Å². The summed E-state index contributed by atoms with van der Waals surface area (Å²) < 4.78 is 3.31. The van der Waals surface area contributed by atoms with Gasteiger partial charge in [0.25, 0.3) is 0 Å². The Hall–Kier alpha value is -1.09. The van der Waals surface area contributed by atoms with Crippen molar-refractivity contribution in [2.75, 3.05) is 0 Å². The zero-order valence-electron chi connectivity index (χ0n) is 8.72. The van der Waals surface area contributed by atoms with E-state index in [1.165, 1.54) is 21.3 Å². The van der Waals surface area contributed by atoms with Gasteiger partial charge in [0, 0.05) is 6.54 Å². The third kappa shape index (κ3) is 1.28. The molecular formula is C11H14N2S. The minimum Gasteiger partial charge on any atom is -0.317 e. The van der Waals surface area contributed by atoms with Crippen LogP contribution in [0.25, 0.3) is 10.2 Å². The van der Waals surface area contributed by atoms with E-state index >= 15 is 0 Å². The number of rotatable bonds is 1. The highest BCUT2D eigenvalue weighted by Gasteiger charge is 2.06. The Bertz CT molecular complexity index is 534. The third-order valence-corrected chi connectivity index (χ3v) is 3.60. The summed E-state index contributed by atoms with van der Waals surface area (Å²) in [6.07, 6.45) is 0. The molecule has 0 fully saturated rings. The lowest BCUT2D eigenvalue weighted by atomic mass is 10.1. The number of hydrogen-bond donors (Lipinski definition) is 1. The summed E-state index contributed by atoms with van der Waals surface area (Å²) in [5, 5.41) is 7.85. The minimum atomic E-state index is 0.649. The monoisotopic (exact) mass is 206 g/mol. The Morgan fingerprint density at radius 3 is 2.71 bits per heavy atom. The zero-order valence-corrected chi connectivity index (χ0v) is 9.53. The Balaban J connectivity index is 2.95. The van der Waals surface area contributed by atoms with Crippen molar-refractivity contribution in [3.63, 3.8) is 0 Å². The van der Waals surface area contributed by atoms with Crippen LogP contribution in [0.4, 0.5) is 0 Å². The van der Waals surface area contributed by atoms with E-state index in [-0.39, 0.29) is 0 Å². The van der Waals surface area contributed by atoms with Gasteiger partial charge in [0.05, 0.1) is 10.2 Å². The SMILES string of the molecule is CCn1c(=N)sc2c(C)cc(C)cc21. The number of aryl methyl sites for hydroxylation is 3. The highest BCUT2D eigenvalue weighted by molar-refractivity contribution is 7.16. The minimum absolute atomic E-state index is 0.649. The van der Waals surface area contributed by atoms with Crippen molar-refractivity contribution < 1.29 is 0 Å². The molecule has 0 radical (unpaired) electrons. The van der Waals surface area contributed by atoms with Gasteiger partial charge >= 0.3 is 0 Å². The normalized spacial score (nSPS) is 11.1. The number of nitrogens with one attached hydrogen (secondary N) is 1.